The molecule has 1 aliphatic rings. The molecule has 0 radical (unpaired) electrons. The maximum absolute atomic E-state index is 11.8. The third kappa shape index (κ3) is 2.78. The van der Waals surface area contributed by atoms with Crippen molar-refractivity contribution in [1.29, 1.82) is 0 Å². The van der Waals surface area contributed by atoms with E-state index in [0.29, 0.717) is 22.9 Å². The molecular formula is C10H12ClNO2S. The van der Waals surface area contributed by atoms with Gasteiger partial charge in [0.2, 0.25) is 0 Å². The van der Waals surface area contributed by atoms with Crippen molar-refractivity contribution >= 4 is 28.7 Å². The number of hydrogen-bond acceptors (Lipinski definition) is 4. The molecule has 0 aliphatic carbocycles. The number of ether oxygens (including phenoxy) is 1. The number of nitrogens with one attached hydrogen (secondary N) is 1. The van der Waals surface area contributed by atoms with Gasteiger partial charge in [-0.05, 0) is 11.4 Å². The van der Waals surface area contributed by atoms with E-state index in [9.17, 15) is 4.79 Å². The molecule has 0 bridgehead atoms. The number of thiophene rings is 1. The van der Waals surface area contributed by atoms with E-state index >= 15 is 0 Å². The molecule has 1 fully saturated rings. The number of ketones is 1. The first-order valence-corrected chi connectivity index (χ1v) is 6.11. The van der Waals surface area contributed by atoms with Crippen molar-refractivity contribution in [1.82, 2.24) is 5.32 Å². The van der Waals surface area contributed by atoms with Crippen LogP contribution >= 0.6 is 22.9 Å². The summed E-state index contributed by atoms with van der Waals surface area (Å²) >= 11 is 7.27. The normalized spacial score (nSPS) is 21.5. The van der Waals surface area contributed by atoms with Crippen molar-refractivity contribution in [2.75, 3.05) is 19.7 Å². The van der Waals surface area contributed by atoms with E-state index in [1.54, 1.807) is 6.07 Å². The second-order valence-electron chi connectivity index (χ2n) is 3.42. The number of Topliss-reactive ketones (excluding diaryl/α,β-unsaturated/α-hetero) is 1. The fourth-order valence-electron chi connectivity index (χ4n) is 1.54. The Labute approximate surface area is 97.4 Å². The van der Waals surface area contributed by atoms with E-state index in [1.165, 1.54) is 11.3 Å². The van der Waals surface area contributed by atoms with Gasteiger partial charge in [-0.3, -0.25) is 4.79 Å². The second-order valence-corrected chi connectivity index (χ2v) is 4.75. The van der Waals surface area contributed by atoms with E-state index in [4.69, 9.17) is 16.3 Å². The number of carbonyl (C=O) groups excluding carboxylic acids is 1. The lowest BCUT2D eigenvalue weighted by Crippen LogP contribution is -2.39. The van der Waals surface area contributed by atoms with E-state index < -0.39 is 0 Å². The highest BCUT2D eigenvalue weighted by Crippen LogP contribution is 2.24. The van der Waals surface area contributed by atoms with E-state index in [2.05, 4.69) is 5.32 Å². The van der Waals surface area contributed by atoms with Gasteiger partial charge in [-0.25, -0.2) is 0 Å². The minimum Gasteiger partial charge on any atom is -0.375 e. The summed E-state index contributed by atoms with van der Waals surface area (Å²) in [7, 11) is 0. The van der Waals surface area contributed by atoms with Crippen LogP contribution in [0, 0.1) is 0 Å². The quantitative estimate of drug-likeness (QED) is 0.828. The fourth-order valence-corrected chi connectivity index (χ4v) is 2.66. The molecule has 1 unspecified atom stereocenters. The van der Waals surface area contributed by atoms with Crippen LogP contribution in [0.3, 0.4) is 0 Å². The van der Waals surface area contributed by atoms with Gasteiger partial charge < -0.3 is 10.1 Å². The van der Waals surface area contributed by atoms with Gasteiger partial charge in [-0.15, -0.1) is 11.3 Å². The molecule has 15 heavy (non-hydrogen) atoms. The van der Waals surface area contributed by atoms with Crippen LogP contribution in [0.2, 0.25) is 5.02 Å². The molecular weight excluding hydrogens is 234 g/mol. The summed E-state index contributed by atoms with van der Waals surface area (Å²) in [5, 5.41) is 5.57. The SMILES string of the molecule is O=C(CC1CNCCO1)c1sccc1Cl. The van der Waals surface area contributed by atoms with Crippen molar-refractivity contribution in [3.05, 3.63) is 21.3 Å². The number of carbonyl (C=O) groups is 1. The summed E-state index contributed by atoms with van der Waals surface area (Å²) in [6, 6.07) is 1.75. The highest BCUT2D eigenvalue weighted by molar-refractivity contribution is 7.12. The zero-order valence-corrected chi connectivity index (χ0v) is 9.74. The molecule has 3 nitrogen and oxygen atoms in total. The molecule has 0 amide bonds. The van der Waals surface area contributed by atoms with Crippen LogP contribution in [0.1, 0.15) is 16.1 Å². The Kier molecular flexibility index (Phi) is 3.75. The van der Waals surface area contributed by atoms with Crippen molar-refractivity contribution in [2.24, 2.45) is 0 Å². The Morgan fingerprint density at radius 1 is 1.73 bits per heavy atom. The summed E-state index contributed by atoms with van der Waals surface area (Å²) in [6.45, 7) is 2.29. The van der Waals surface area contributed by atoms with Gasteiger partial charge in [0.15, 0.2) is 5.78 Å². The highest BCUT2D eigenvalue weighted by atomic mass is 35.5. The van der Waals surface area contributed by atoms with Gasteiger partial charge in [-0.1, -0.05) is 11.6 Å². The molecule has 2 heterocycles. The van der Waals surface area contributed by atoms with Gasteiger partial charge in [0, 0.05) is 19.5 Å². The predicted molar refractivity (Wildman–Crippen MR) is 60.9 cm³/mol. The smallest absolute Gasteiger partial charge is 0.176 e. The van der Waals surface area contributed by atoms with Crippen molar-refractivity contribution < 1.29 is 9.53 Å². The highest BCUT2D eigenvalue weighted by Gasteiger charge is 2.20. The average molecular weight is 246 g/mol. The summed E-state index contributed by atoms with van der Waals surface area (Å²) in [5.41, 5.74) is 0. The maximum Gasteiger partial charge on any atom is 0.176 e. The van der Waals surface area contributed by atoms with Crippen LogP contribution < -0.4 is 5.32 Å². The number of halogens is 1. The van der Waals surface area contributed by atoms with Gasteiger partial charge in [0.05, 0.1) is 22.6 Å². The van der Waals surface area contributed by atoms with Crippen LogP contribution in [0.5, 0.6) is 0 Å². The van der Waals surface area contributed by atoms with E-state index in [1.807, 2.05) is 5.38 Å². The third-order valence-electron chi connectivity index (χ3n) is 2.29. The lowest BCUT2D eigenvalue weighted by molar-refractivity contribution is 0.0241. The monoisotopic (exact) mass is 245 g/mol. The van der Waals surface area contributed by atoms with Crippen LogP contribution in [-0.2, 0) is 4.74 Å². The molecule has 0 spiro atoms. The molecule has 82 valence electrons. The number of morpholine rings is 1. The molecule has 1 aromatic rings. The first-order chi connectivity index (χ1) is 7.27. The molecule has 1 N–H and O–H groups in total. The minimum absolute atomic E-state index is 0.00980. The molecule has 1 aliphatic heterocycles. The molecule has 5 heteroatoms. The molecule has 1 atom stereocenters. The molecule has 1 saturated heterocycles. The van der Waals surface area contributed by atoms with E-state index in [0.717, 1.165) is 13.1 Å². The number of rotatable bonds is 3. The topological polar surface area (TPSA) is 38.3 Å². The summed E-state index contributed by atoms with van der Waals surface area (Å²) in [4.78, 5) is 12.5. The average Bonchev–Trinajstić information content (AvgIpc) is 2.66. The van der Waals surface area contributed by atoms with Crippen molar-refractivity contribution in [3.63, 3.8) is 0 Å². The van der Waals surface area contributed by atoms with Gasteiger partial charge in [0.25, 0.3) is 0 Å². The Hall–Kier alpha value is -0.420. The fraction of sp³-hybridized carbons (Fsp3) is 0.500. The number of hydrogen-bond donors (Lipinski definition) is 1. The predicted octanol–water partition coefficient (Wildman–Crippen LogP) is 1.96. The first kappa shape index (κ1) is 11.1. The molecule has 0 saturated carbocycles. The Balaban J connectivity index is 1.94. The minimum atomic E-state index is -0.00980. The largest absolute Gasteiger partial charge is 0.375 e. The second kappa shape index (κ2) is 5.07. The Morgan fingerprint density at radius 2 is 2.60 bits per heavy atom. The van der Waals surface area contributed by atoms with Crippen molar-refractivity contribution in [2.45, 2.75) is 12.5 Å². The van der Waals surface area contributed by atoms with Gasteiger partial charge in [-0.2, -0.15) is 0 Å². The van der Waals surface area contributed by atoms with Crippen LogP contribution in [0.15, 0.2) is 11.4 Å². The van der Waals surface area contributed by atoms with Crippen molar-refractivity contribution in [3.8, 4) is 0 Å². The zero-order valence-electron chi connectivity index (χ0n) is 8.16. The maximum atomic E-state index is 11.8. The first-order valence-electron chi connectivity index (χ1n) is 4.86. The zero-order chi connectivity index (χ0) is 10.7. The molecule has 0 aromatic carbocycles. The van der Waals surface area contributed by atoms with Gasteiger partial charge >= 0.3 is 0 Å². The summed E-state index contributed by atoms with van der Waals surface area (Å²) in [5.74, 6) is 0.0729. The van der Waals surface area contributed by atoms with Gasteiger partial charge in [0.1, 0.15) is 0 Å². The van der Waals surface area contributed by atoms with Crippen LogP contribution in [-0.4, -0.2) is 31.6 Å². The lowest BCUT2D eigenvalue weighted by Gasteiger charge is -2.22. The van der Waals surface area contributed by atoms with Crippen LogP contribution in [0.4, 0.5) is 0 Å². The Morgan fingerprint density at radius 3 is 3.20 bits per heavy atom. The summed E-state index contributed by atoms with van der Waals surface area (Å²) < 4.78 is 5.46. The standard InChI is InChI=1S/C10H12ClNO2S/c11-8-1-4-15-10(8)9(13)5-7-6-12-2-3-14-7/h1,4,7,12H,2-3,5-6H2. The lowest BCUT2D eigenvalue weighted by atomic mass is 10.1. The van der Waals surface area contributed by atoms with E-state index in [-0.39, 0.29) is 11.9 Å². The third-order valence-corrected chi connectivity index (χ3v) is 3.67. The molecule has 2 rings (SSSR count). The van der Waals surface area contributed by atoms with Crippen LogP contribution in [0.25, 0.3) is 0 Å². The Bertz CT molecular complexity index is 347. The molecule has 1 aromatic heterocycles. The summed E-state index contributed by atoms with van der Waals surface area (Å²) in [6.07, 6.45) is 0.400.